The third kappa shape index (κ3) is 4.83. The normalized spacial score (nSPS) is 12.7. The van der Waals surface area contributed by atoms with Gasteiger partial charge in [0.1, 0.15) is 0 Å². The van der Waals surface area contributed by atoms with Crippen molar-refractivity contribution in [3.8, 4) is 0 Å². The molecule has 0 aromatic heterocycles. The third-order valence-electron chi connectivity index (χ3n) is 2.16. The van der Waals surface area contributed by atoms with Crippen LogP contribution < -0.4 is 5.32 Å². The second-order valence-corrected chi connectivity index (χ2v) is 6.05. The van der Waals surface area contributed by atoms with Crippen molar-refractivity contribution in [2.75, 3.05) is 18.1 Å². The van der Waals surface area contributed by atoms with Gasteiger partial charge >= 0.3 is 0 Å². The zero-order valence-electron chi connectivity index (χ0n) is 9.13. The fourth-order valence-corrected chi connectivity index (χ4v) is 2.35. The van der Waals surface area contributed by atoms with Gasteiger partial charge in [-0.15, -0.1) is 0 Å². The predicted molar refractivity (Wildman–Crippen MR) is 71.7 cm³/mol. The van der Waals surface area contributed by atoms with Crippen molar-refractivity contribution in [3.63, 3.8) is 0 Å². The van der Waals surface area contributed by atoms with Gasteiger partial charge in [-0.25, -0.2) is 0 Å². The number of nitrogens with one attached hydrogen (secondary N) is 1. The fourth-order valence-electron chi connectivity index (χ4n) is 1.22. The Morgan fingerprint density at radius 3 is 2.75 bits per heavy atom. The van der Waals surface area contributed by atoms with E-state index in [9.17, 15) is 4.21 Å². The van der Waals surface area contributed by atoms with Gasteiger partial charge in [-0.05, 0) is 17.7 Å². The summed E-state index contributed by atoms with van der Waals surface area (Å²) in [4.78, 5) is 0. The first-order valence-corrected chi connectivity index (χ1v) is 7.37. The smallest absolute Gasteiger partial charge is 0.0465 e. The minimum absolute atomic E-state index is 0.640. The van der Waals surface area contributed by atoms with Gasteiger partial charge in [0.15, 0.2) is 0 Å². The van der Waals surface area contributed by atoms with Gasteiger partial charge < -0.3 is 5.32 Å². The second kappa shape index (κ2) is 7.28. The summed E-state index contributed by atoms with van der Waals surface area (Å²) in [5.74, 6) is 1.39. The molecule has 0 saturated carbocycles. The molecule has 5 heteroatoms. The van der Waals surface area contributed by atoms with E-state index < -0.39 is 10.8 Å². The average molecular weight is 280 g/mol. The molecule has 0 aliphatic carbocycles. The number of halogens is 2. The summed E-state index contributed by atoms with van der Waals surface area (Å²) in [7, 11) is -0.710. The number of rotatable bonds is 6. The highest BCUT2D eigenvalue weighted by Crippen LogP contribution is 2.20. The van der Waals surface area contributed by atoms with Crippen LogP contribution in [-0.4, -0.2) is 22.3 Å². The Hall–Kier alpha value is -0.0900. The molecular weight excluding hydrogens is 265 g/mol. The highest BCUT2D eigenvalue weighted by Gasteiger charge is 2.01. The minimum atomic E-state index is -0.710. The summed E-state index contributed by atoms with van der Waals surface area (Å²) in [6, 6.07) is 5.44. The van der Waals surface area contributed by atoms with Gasteiger partial charge in [0, 0.05) is 45.4 Å². The predicted octanol–water partition coefficient (Wildman–Crippen LogP) is 2.85. The van der Waals surface area contributed by atoms with Gasteiger partial charge in [0.2, 0.25) is 0 Å². The van der Waals surface area contributed by atoms with E-state index in [-0.39, 0.29) is 0 Å². The fraction of sp³-hybridized carbons (Fsp3) is 0.455. The summed E-state index contributed by atoms with van der Waals surface area (Å²) in [5.41, 5.74) is 1.01. The van der Waals surface area contributed by atoms with Crippen LogP contribution in [0.2, 0.25) is 10.0 Å². The van der Waals surface area contributed by atoms with Gasteiger partial charge in [0.25, 0.3) is 0 Å². The zero-order chi connectivity index (χ0) is 12.0. The molecule has 0 amide bonds. The Balaban J connectivity index is 2.35. The van der Waals surface area contributed by atoms with Crippen LogP contribution in [0.1, 0.15) is 12.5 Å². The lowest BCUT2D eigenvalue weighted by molar-refractivity contribution is 0.674. The molecule has 1 rings (SSSR count). The van der Waals surface area contributed by atoms with Crippen molar-refractivity contribution in [1.29, 1.82) is 0 Å². The molecule has 1 atom stereocenters. The van der Waals surface area contributed by atoms with E-state index >= 15 is 0 Å². The summed E-state index contributed by atoms with van der Waals surface area (Å²) in [6.07, 6.45) is 0. The Labute approximate surface area is 109 Å². The molecule has 0 saturated heterocycles. The molecule has 0 radical (unpaired) electrons. The molecule has 0 fully saturated rings. The van der Waals surface area contributed by atoms with Crippen molar-refractivity contribution in [2.45, 2.75) is 13.5 Å². The lowest BCUT2D eigenvalue weighted by atomic mass is 10.2. The molecular formula is C11H15Cl2NOS. The SMILES string of the molecule is CCS(=O)CCNCc1ccc(Cl)cc1Cl. The number of benzene rings is 1. The van der Waals surface area contributed by atoms with Gasteiger partial charge in [-0.3, -0.25) is 4.21 Å². The second-order valence-electron chi connectivity index (χ2n) is 3.35. The highest BCUT2D eigenvalue weighted by atomic mass is 35.5. The van der Waals surface area contributed by atoms with E-state index in [1.165, 1.54) is 0 Å². The van der Waals surface area contributed by atoms with E-state index in [2.05, 4.69) is 5.32 Å². The Morgan fingerprint density at radius 2 is 2.12 bits per heavy atom. The van der Waals surface area contributed by atoms with Crippen LogP contribution in [0.3, 0.4) is 0 Å². The van der Waals surface area contributed by atoms with Crippen molar-refractivity contribution in [1.82, 2.24) is 5.32 Å². The van der Waals surface area contributed by atoms with Crippen LogP contribution in [0.4, 0.5) is 0 Å². The largest absolute Gasteiger partial charge is 0.312 e. The quantitative estimate of drug-likeness (QED) is 0.812. The average Bonchev–Trinajstić information content (AvgIpc) is 2.26. The van der Waals surface area contributed by atoms with Crippen LogP contribution in [0.25, 0.3) is 0 Å². The summed E-state index contributed by atoms with van der Waals surface area (Å²) < 4.78 is 11.2. The molecule has 16 heavy (non-hydrogen) atoms. The maximum Gasteiger partial charge on any atom is 0.0465 e. The zero-order valence-corrected chi connectivity index (χ0v) is 11.5. The van der Waals surface area contributed by atoms with Crippen molar-refractivity contribution in [3.05, 3.63) is 33.8 Å². The van der Waals surface area contributed by atoms with Crippen molar-refractivity contribution in [2.24, 2.45) is 0 Å². The lowest BCUT2D eigenvalue weighted by Gasteiger charge is -2.06. The van der Waals surface area contributed by atoms with Crippen molar-refractivity contribution >= 4 is 34.0 Å². The summed E-state index contributed by atoms with van der Waals surface area (Å²) >= 11 is 11.8. The maximum atomic E-state index is 11.2. The van der Waals surface area contributed by atoms with Crippen molar-refractivity contribution < 1.29 is 4.21 Å². The molecule has 1 aromatic rings. The Morgan fingerprint density at radius 1 is 1.38 bits per heavy atom. The molecule has 1 unspecified atom stereocenters. The van der Waals surface area contributed by atoms with Crippen LogP contribution in [0, 0.1) is 0 Å². The molecule has 90 valence electrons. The van der Waals surface area contributed by atoms with Crippen LogP contribution >= 0.6 is 23.2 Å². The number of hydrogen-bond donors (Lipinski definition) is 1. The topological polar surface area (TPSA) is 29.1 Å². The Kier molecular flexibility index (Phi) is 6.36. The maximum absolute atomic E-state index is 11.2. The highest BCUT2D eigenvalue weighted by molar-refractivity contribution is 7.84. The summed E-state index contributed by atoms with van der Waals surface area (Å²) in [6.45, 7) is 3.34. The molecule has 0 bridgehead atoms. The molecule has 1 aromatic carbocycles. The molecule has 0 aliphatic heterocycles. The first-order chi connectivity index (χ1) is 7.63. The summed E-state index contributed by atoms with van der Waals surface area (Å²) in [5, 5.41) is 4.51. The van der Waals surface area contributed by atoms with Gasteiger partial charge in [-0.1, -0.05) is 36.2 Å². The van der Waals surface area contributed by atoms with E-state index in [1.54, 1.807) is 6.07 Å². The first kappa shape index (κ1) is 14.0. The monoisotopic (exact) mass is 279 g/mol. The Bertz CT molecular complexity index is 371. The molecule has 0 spiro atoms. The molecule has 1 N–H and O–H groups in total. The van der Waals surface area contributed by atoms with Crippen LogP contribution in [-0.2, 0) is 17.3 Å². The first-order valence-electron chi connectivity index (χ1n) is 5.13. The van der Waals surface area contributed by atoms with E-state index in [4.69, 9.17) is 23.2 Å². The van der Waals surface area contributed by atoms with E-state index in [0.29, 0.717) is 28.1 Å². The van der Waals surface area contributed by atoms with E-state index in [1.807, 2.05) is 19.1 Å². The standard InChI is InChI=1S/C11H15Cl2NOS/c1-2-16(15)6-5-14-8-9-3-4-10(12)7-11(9)13/h3-4,7,14H,2,5-6,8H2,1H3. The van der Waals surface area contributed by atoms with Gasteiger partial charge in [-0.2, -0.15) is 0 Å². The van der Waals surface area contributed by atoms with E-state index in [0.717, 1.165) is 12.1 Å². The molecule has 0 heterocycles. The number of hydrogen-bond acceptors (Lipinski definition) is 2. The van der Waals surface area contributed by atoms with Crippen LogP contribution in [0.5, 0.6) is 0 Å². The van der Waals surface area contributed by atoms with Gasteiger partial charge in [0.05, 0.1) is 0 Å². The third-order valence-corrected chi connectivity index (χ3v) is 4.05. The molecule has 0 aliphatic rings. The van der Waals surface area contributed by atoms with Crippen LogP contribution in [0.15, 0.2) is 18.2 Å². The lowest BCUT2D eigenvalue weighted by Crippen LogP contribution is -2.20. The molecule has 2 nitrogen and oxygen atoms in total. The minimum Gasteiger partial charge on any atom is -0.312 e.